The van der Waals surface area contributed by atoms with Gasteiger partial charge in [-0.15, -0.1) is 0 Å². The number of nitrogens with one attached hydrogen (secondary N) is 1. The Morgan fingerprint density at radius 3 is 2.69 bits per heavy atom. The smallest absolute Gasteiger partial charge is 0.262 e. The van der Waals surface area contributed by atoms with E-state index in [2.05, 4.69) is 20.3 Å². The van der Waals surface area contributed by atoms with Crippen LogP contribution in [0, 0.1) is 5.92 Å². The Labute approximate surface area is 152 Å². The van der Waals surface area contributed by atoms with Crippen molar-refractivity contribution >= 4 is 16.0 Å². The van der Waals surface area contributed by atoms with Crippen LogP contribution in [-0.4, -0.2) is 64.1 Å². The molecule has 2 saturated heterocycles. The number of rotatable bonds is 5. The number of hydrogen-bond acceptors (Lipinski definition) is 7. The van der Waals surface area contributed by atoms with Crippen molar-refractivity contribution in [2.24, 2.45) is 13.0 Å². The van der Waals surface area contributed by atoms with Crippen molar-refractivity contribution in [1.82, 2.24) is 23.8 Å². The van der Waals surface area contributed by atoms with Crippen molar-refractivity contribution in [3.8, 4) is 0 Å². The molecule has 0 bridgehead atoms. The molecule has 0 saturated carbocycles. The number of anilines is 1. The fraction of sp³-hybridized carbons (Fsp3) is 0.562. The van der Waals surface area contributed by atoms with Gasteiger partial charge in [0.05, 0.1) is 18.5 Å². The van der Waals surface area contributed by atoms with Crippen LogP contribution in [0.4, 0.5) is 5.95 Å². The summed E-state index contributed by atoms with van der Waals surface area (Å²) in [6.45, 7) is 2.15. The molecule has 1 unspecified atom stereocenters. The average molecular weight is 378 g/mol. The molecule has 9 nitrogen and oxygen atoms in total. The van der Waals surface area contributed by atoms with Gasteiger partial charge in [-0.25, -0.2) is 23.4 Å². The Kier molecular flexibility index (Phi) is 4.41. The molecule has 4 rings (SSSR count). The molecular weight excluding hydrogens is 356 g/mol. The molecule has 4 heterocycles. The number of imidazole rings is 1. The molecule has 2 aliphatic heterocycles. The van der Waals surface area contributed by atoms with Gasteiger partial charge in [0.25, 0.3) is 10.0 Å². The van der Waals surface area contributed by atoms with E-state index >= 15 is 0 Å². The summed E-state index contributed by atoms with van der Waals surface area (Å²) in [5.41, 5.74) is -0.346. The van der Waals surface area contributed by atoms with E-state index in [0.29, 0.717) is 31.6 Å². The minimum absolute atomic E-state index is 0.0931. The molecule has 10 heteroatoms. The maximum Gasteiger partial charge on any atom is 0.262 e. The molecule has 1 atom stereocenters. The van der Waals surface area contributed by atoms with E-state index in [1.165, 1.54) is 16.8 Å². The van der Waals surface area contributed by atoms with E-state index in [-0.39, 0.29) is 10.6 Å². The van der Waals surface area contributed by atoms with Crippen molar-refractivity contribution in [2.75, 3.05) is 31.6 Å². The van der Waals surface area contributed by atoms with Crippen LogP contribution in [0.1, 0.15) is 12.8 Å². The lowest BCUT2D eigenvalue weighted by molar-refractivity contribution is -0.155. The van der Waals surface area contributed by atoms with Gasteiger partial charge < -0.3 is 14.6 Å². The zero-order valence-electron chi connectivity index (χ0n) is 14.6. The lowest BCUT2D eigenvalue weighted by Gasteiger charge is -2.51. The quantitative estimate of drug-likeness (QED) is 0.808. The highest BCUT2D eigenvalue weighted by molar-refractivity contribution is 7.89. The highest BCUT2D eigenvalue weighted by Crippen LogP contribution is 2.38. The second kappa shape index (κ2) is 6.60. The molecule has 0 aromatic carbocycles. The number of hydrogen-bond donors (Lipinski definition) is 1. The third kappa shape index (κ3) is 3.31. The summed E-state index contributed by atoms with van der Waals surface area (Å²) >= 11 is 0. The largest absolute Gasteiger partial charge is 0.372 e. The van der Waals surface area contributed by atoms with Gasteiger partial charge in [-0.3, -0.25) is 0 Å². The highest BCUT2D eigenvalue weighted by atomic mass is 32.2. The van der Waals surface area contributed by atoms with E-state index in [9.17, 15) is 8.42 Å². The summed E-state index contributed by atoms with van der Waals surface area (Å²) in [6.07, 6.45) is 8.25. The van der Waals surface area contributed by atoms with Crippen LogP contribution in [-0.2, 0) is 21.8 Å². The standard InChI is InChI=1S/C16H22N6O3S/c1-21-8-14(20-12-21)26(23,24)22-10-16(11-22)4-3-13(9-25-16)7-19-15-17-5-2-6-18-15/h2,5-6,8,12-13H,3-4,7,9-11H2,1H3,(H,17,18,19). The summed E-state index contributed by atoms with van der Waals surface area (Å²) in [4.78, 5) is 12.2. The Morgan fingerprint density at radius 1 is 1.31 bits per heavy atom. The topological polar surface area (TPSA) is 102 Å². The fourth-order valence-electron chi connectivity index (χ4n) is 3.37. The van der Waals surface area contributed by atoms with Crippen molar-refractivity contribution in [3.63, 3.8) is 0 Å². The first kappa shape index (κ1) is 17.4. The zero-order chi connectivity index (χ0) is 18.2. The van der Waals surface area contributed by atoms with Gasteiger partial charge in [-0.1, -0.05) is 0 Å². The average Bonchev–Trinajstić information content (AvgIpc) is 3.06. The monoisotopic (exact) mass is 378 g/mol. The van der Waals surface area contributed by atoms with Crippen molar-refractivity contribution in [1.29, 1.82) is 0 Å². The minimum atomic E-state index is -3.52. The van der Waals surface area contributed by atoms with Crippen LogP contribution in [0.5, 0.6) is 0 Å². The van der Waals surface area contributed by atoms with Crippen LogP contribution < -0.4 is 5.32 Å². The number of aromatic nitrogens is 4. The van der Waals surface area contributed by atoms with Crippen LogP contribution >= 0.6 is 0 Å². The molecular formula is C16H22N6O3S. The van der Waals surface area contributed by atoms with E-state index in [0.717, 1.165) is 19.4 Å². The third-order valence-corrected chi connectivity index (χ3v) is 6.64. The summed E-state index contributed by atoms with van der Waals surface area (Å²) in [7, 11) is -1.77. The zero-order valence-corrected chi connectivity index (χ0v) is 15.4. The molecule has 2 aromatic heterocycles. The van der Waals surface area contributed by atoms with Gasteiger partial charge in [-0.05, 0) is 24.8 Å². The van der Waals surface area contributed by atoms with E-state index in [1.54, 1.807) is 30.1 Å². The third-order valence-electron chi connectivity index (χ3n) is 4.96. The fourth-order valence-corrected chi connectivity index (χ4v) is 4.93. The van der Waals surface area contributed by atoms with Crippen molar-refractivity contribution in [2.45, 2.75) is 23.5 Å². The van der Waals surface area contributed by atoms with E-state index in [1.807, 2.05) is 0 Å². The van der Waals surface area contributed by atoms with Gasteiger partial charge >= 0.3 is 0 Å². The van der Waals surface area contributed by atoms with Crippen molar-refractivity contribution in [3.05, 3.63) is 31.0 Å². The van der Waals surface area contributed by atoms with Gasteiger partial charge in [0.1, 0.15) is 0 Å². The van der Waals surface area contributed by atoms with Crippen molar-refractivity contribution < 1.29 is 13.2 Å². The molecule has 0 amide bonds. The molecule has 2 aliphatic rings. The minimum Gasteiger partial charge on any atom is -0.372 e. The molecule has 1 N–H and O–H groups in total. The van der Waals surface area contributed by atoms with Crippen LogP contribution in [0.2, 0.25) is 0 Å². The number of sulfonamides is 1. The lowest BCUT2D eigenvalue weighted by Crippen LogP contribution is -2.66. The highest BCUT2D eigenvalue weighted by Gasteiger charge is 2.51. The Hall–Kier alpha value is -2.04. The number of ether oxygens (including phenoxy) is 1. The number of nitrogens with zero attached hydrogens (tertiary/aromatic N) is 5. The summed E-state index contributed by atoms with van der Waals surface area (Å²) in [6, 6.07) is 1.78. The van der Waals surface area contributed by atoms with Gasteiger partial charge in [0.15, 0.2) is 5.03 Å². The van der Waals surface area contributed by atoms with Gasteiger partial charge in [0, 0.05) is 45.3 Å². The second-order valence-electron chi connectivity index (χ2n) is 7.00. The molecule has 140 valence electrons. The van der Waals surface area contributed by atoms with Crippen LogP contribution in [0.3, 0.4) is 0 Å². The summed E-state index contributed by atoms with van der Waals surface area (Å²) in [5.74, 6) is 0.981. The Balaban J connectivity index is 1.28. The van der Waals surface area contributed by atoms with Gasteiger partial charge in [-0.2, -0.15) is 4.31 Å². The molecule has 1 spiro atoms. The lowest BCUT2D eigenvalue weighted by atomic mass is 9.84. The predicted molar refractivity (Wildman–Crippen MR) is 93.9 cm³/mol. The Morgan fingerprint density at radius 2 is 2.08 bits per heavy atom. The first-order valence-corrected chi connectivity index (χ1v) is 10.0. The number of aryl methyl sites for hydroxylation is 1. The SMILES string of the molecule is Cn1cnc(S(=O)(=O)N2CC3(CCC(CNc4ncccn4)CO3)C2)c1. The van der Waals surface area contributed by atoms with Crippen LogP contribution in [0.25, 0.3) is 0 Å². The summed E-state index contributed by atoms with van der Waals surface area (Å²) < 4.78 is 34.2. The Bertz CT molecular complexity index is 853. The van der Waals surface area contributed by atoms with Crippen LogP contribution in [0.15, 0.2) is 36.0 Å². The van der Waals surface area contributed by atoms with Gasteiger partial charge in [0.2, 0.25) is 5.95 Å². The first-order valence-electron chi connectivity index (χ1n) is 8.60. The summed E-state index contributed by atoms with van der Waals surface area (Å²) in [5, 5.41) is 3.31. The molecule has 0 radical (unpaired) electrons. The predicted octanol–water partition coefficient (Wildman–Crippen LogP) is 0.492. The van der Waals surface area contributed by atoms with E-state index in [4.69, 9.17) is 4.74 Å². The first-order chi connectivity index (χ1) is 12.5. The maximum atomic E-state index is 12.5. The normalized spacial score (nSPS) is 22.9. The second-order valence-corrected chi connectivity index (χ2v) is 8.89. The molecule has 2 aromatic rings. The maximum absolute atomic E-state index is 12.5. The molecule has 0 aliphatic carbocycles. The molecule has 2 fully saturated rings. The molecule has 26 heavy (non-hydrogen) atoms. The van der Waals surface area contributed by atoms with E-state index < -0.39 is 10.0 Å².